The van der Waals surface area contributed by atoms with Crippen molar-refractivity contribution in [1.29, 1.82) is 0 Å². The van der Waals surface area contributed by atoms with Crippen LogP contribution in [0.1, 0.15) is 25.7 Å². The monoisotopic (exact) mass is 341 g/mol. The lowest BCUT2D eigenvalue weighted by atomic mass is 10.1. The molecule has 0 saturated carbocycles. The number of hydrogen-bond donors (Lipinski definition) is 1. The van der Waals surface area contributed by atoms with Crippen molar-refractivity contribution in [2.75, 3.05) is 31.1 Å². The van der Waals surface area contributed by atoms with Crippen molar-refractivity contribution in [3.63, 3.8) is 0 Å². The van der Waals surface area contributed by atoms with Gasteiger partial charge in [0.05, 0.1) is 12.6 Å². The number of para-hydroxylation sites is 1. The summed E-state index contributed by atoms with van der Waals surface area (Å²) in [7, 11) is 2.00. The van der Waals surface area contributed by atoms with Crippen molar-refractivity contribution in [2.45, 2.75) is 25.9 Å². The molecule has 1 unspecified atom stereocenters. The Morgan fingerprint density at radius 1 is 1.36 bits per heavy atom. The van der Waals surface area contributed by atoms with Gasteiger partial charge in [0.25, 0.3) is 0 Å². The molecule has 6 heteroatoms. The number of carbonyl (C=O) groups excluding carboxylic acids is 1. The number of imidazole rings is 1. The molecule has 1 atom stereocenters. The molecule has 1 aliphatic rings. The zero-order valence-electron chi connectivity index (χ0n) is 15.2. The topological polar surface area (TPSA) is 53.4 Å². The molecule has 2 aromatic rings. The zero-order valence-corrected chi connectivity index (χ0v) is 15.2. The van der Waals surface area contributed by atoms with Gasteiger partial charge in [-0.05, 0) is 26.0 Å². The van der Waals surface area contributed by atoms with Crippen LogP contribution in [0, 0.1) is 0 Å². The predicted octanol–water partition coefficient (Wildman–Crippen LogP) is 1.81. The second-order valence-corrected chi connectivity index (χ2v) is 6.78. The summed E-state index contributed by atoms with van der Waals surface area (Å²) < 4.78 is 2.03. The Morgan fingerprint density at radius 2 is 2.12 bits per heavy atom. The van der Waals surface area contributed by atoms with E-state index in [0.29, 0.717) is 6.54 Å². The Kier molecular flexibility index (Phi) is 5.50. The lowest BCUT2D eigenvalue weighted by Crippen LogP contribution is -2.51. The third kappa shape index (κ3) is 3.91. The van der Waals surface area contributed by atoms with Gasteiger partial charge in [0.2, 0.25) is 5.91 Å². The maximum absolute atomic E-state index is 13.1. The summed E-state index contributed by atoms with van der Waals surface area (Å²) >= 11 is 0. The normalized spacial score (nSPS) is 18.5. The number of benzene rings is 1. The number of anilines is 1. The van der Waals surface area contributed by atoms with Crippen LogP contribution >= 0.6 is 0 Å². The Labute approximate surface area is 149 Å². The Morgan fingerprint density at radius 3 is 2.76 bits per heavy atom. The van der Waals surface area contributed by atoms with Gasteiger partial charge in [-0.2, -0.15) is 0 Å². The van der Waals surface area contributed by atoms with Crippen LogP contribution in [0.25, 0.3) is 0 Å². The third-order valence-corrected chi connectivity index (χ3v) is 4.67. The van der Waals surface area contributed by atoms with Gasteiger partial charge in [0.1, 0.15) is 5.82 Å². The number of nitrogens with one attached hydrogen (secondary N) is 1. The van der Waals surface area contributed by atoms with E-state index in [2.05, 4.69) is 29.0 Å². The number of nitrogens with zero attached hydrogens (tertiary/aromatic N) is 4. The molecule has 1 N–H and O–H groups in total. The summed E-state index contributed by atoms with van der Waals surface area (Å²) in [5, 5.41) is 3.42. The second-order valence-electron chi connectivity index (χ2n) is 6.78. The van der Waals surface area contributed by atoms with Crippen LogP contribution < -0.4 is 10.2 Å². The van der Waals surface area contributed by atoms with Gasteiger partial charge in [-0.1, -0.05) is 18.2 Å². The highest BCUT2D eigenvalue weighted by molar-refractivity contribution is 5.95. The fourth-order valence-corrected chi connectivity index (χ4v) is 3.46. The highest BCUT2D eigenvalue weighted by atomic mass is 16.2. The van der Waals surface area contributed by atoms with Crippen LogP contribution in [-0.2, 0) is 11.8 Å². The smallest absolute Gasteiger partial charge is 0.241 e. The van der Waals surface area contributed by atoms with Crippen LogP contribution in [-0.4, -0.2) is 52.6 Å². The maximum Gasteiger partial charge on any atom is 0.241 e. The van der Waals surface area contributed by atoms with E-state index < -0.39 is 0 Å². The fraction of sp³-hybridized carbons (Fsp3) is 0.474. The van der Waals surface area contributed by atoms with E-state index >= 15 is 0 Å². The first-order valence-electron chi connectivity index (χ1n) is 8.87. The molecule has 0 radical (unpaired) electrons. The molecule has 1 fully saturated rings. The lowest BCUT2D eigenvalue weighted by Gasteiger charge is -2.37. The van der Waals surface area contributed by atoms with E-state index in [-0.39, 0.29) is 18.0 Å². The van der Waals surface area contributed by atoms with Gasteiger partial charge in [-0.3, -0.25) is 9.69 Å². The van der Waals surface area contributed by atoms with Crippen LogP contribution in [0.15, 0.2) is 42.7 Å². The van der Waals surface area contributed by atoms with E-state index in [1.54, 1.807) is 0 Å². The minimum Gasteiger partial charge on any atom is -0.337 e. The first-order chi connectivity index (χ1) is 12.1. The first kappa shape index (κ1) is 17.6. The summed E-state index contributed by atoms with van der Waals surface area (Å²) in [5.41, 5.74) is 0.950. The van der Waals surface area contributed by atoms with Crippen LogP contribution in [0.5, 0.6) is 0 Å². The van der Waals surface area contributed by atoms with Gasteiger partial charge < -0.3 is 14.8 Å². The van der Waals surface area contributed by atoms with Crippen molar-refractivity contribution in [3.05, 3.63) is 48.5 Å². The molecule has 1 amide bonds. The lowest BCUT2D eigenvalue weighted by molar-refractivity contribution is -0.121. The van der Waals surface area contributed by atoms with Crippen LogP contribution in [0.2, 0.25) is 0 Å². The molecule has 2 heterocycles. The first-order valence-corrected chi connectivity index (χ1v) is 8.87. The molecule has 1 aliphatic heterocycles. The molecule has 1 aromatic heterocycles. The SMILES string of the molecule is CC(C)N(C(=O)CN1CCNCC1c1nccn1C)c1ccccc1. The molecule has 1 saturated heterocycles. The molecule has 25 heavy (non-hydrogen) atoms. The molecular formula is C19H27N5O. The number of amides is 1. The van der Waals surface area contributed by atoms with Gasteiger partial charge in [0, 0.05) is 50.8 Å². The van der Waals surface area contributed by atoms with Gasteiger partial charge >= 0.3 is 0 Å². The standard InChI is InChI=1S/C19H27N5O/c1-15(2)24(16-7-5-4-6-8-16)18(25)14-23-12-9-20-13-17(23)19-21-10-11-22(19)3/h4-8,10-11,15,17,20H,9,12-14H2,1-3H3. The third-order valence-electron chi connectivity index (χ3n) is 4.67. The van der Waals surface area contributed by atoms with E-state index in [1.165, 1.54) is 0 Å². The zero-order chi connectivity index (χ0) is 17.8. The van der Waals surface area contributed by atoms with Crippen LogP contribution in [0.3, 0.4) is 0 Å². The highest BCUT2D eigenvalue weighted by Gasteiger charge is 2.30. The average molecular weight is 341 g/mol. The molecule has 6 nitrogen and oxygen atoms in total. The summed E-state index contributed by atoms with van der Waals surface area (Å²) in [6.45, 7) is 7.04. The minimum atomic E-state index is 0.113. The van der Waals surface area contributed by atoms with E-state index in [4.69, 9.17) is 0 Å². The number of piperazine rings is 1. The summed E-state index contributed by atoms with van der Waals surface area (Å²) in [5.74, 6) is 1.12. The fourth-order valence-electron chi connectivity index (χ4n) is 3.46. The van der Waals surface area contributed by atoms with Gasteiger partial charge in [-0.25, -0.2) is 4.98 Å². The molecule has 1 aromatic carbocycles. The van der Waals surface area contributed by atoms with Crippen molar-refractivity contribution < 1.29 is 4.79 Å². The number of aromatic nitrogens is 2. The quantitative estimate of drug-likeness (QED) is 0.901. The molecule has 0 aliphatic carbocycles. The largest absolute Gasteiger partial charge is 0.337 e. The maximum atomic E-state index is 13.1. The minimum absolute atomic E-state index is 0.113. The predicted molar refractivity (Wildman–Crippen MR) is 99.5 cm³/mol. The van der Waals surface area contributed by atoms with Gasteiger partial charge in [-0.15, -0.1) is 0 Å². The Balaban J connectivity index is 1.78. The highest BCUT2D eigenvalue weighted by Crippen LogP contribution is 2.22. The van der Waals surface area contributed by atoms with E-state index in [1.807, 2.05) is 59.2 Å². The second kappa shape index (κ2) is 7.80. The average Bonchev–Trinajstić information content (AvgIpc) is 3.02. The van der Waals surface area contributed by atoms with Gasteiger partial charge in [0.15, 0.2) is 0 Å². The van der Waals surface area contributed by atoms with E-state index in [0.717, 1.165) is 31.1 Å². The molecule has 3 rings (SSSR count). The summed E-state index contributed by atoms with van der Waals surface area (Å²) in [4.78, 5) is 21.7. The number of rotatable bonds is 5. The number of carbonyl (C=O) groups is 1. The summed E-state index contributed by atoms with van der Waals surface area (Å²) in [6, 6.07) is 10.1. The van der Waals surface area contributed by atoms with E-state index in [9.17, 15) is 4.79 Å². The molecule has 134 valence electrons. The summed E-state index contributed by atoms with van der Waals surface area (Å²) in [6.07, 6.45) is 3.77. The van der Waals surface area contributed by atoms with Crippen molar-refractivity contribution >= 4 is 11.6 Å². The molecular weight excluding hydrogens is 314 g/mol. The number of hydrogen-bond acceptors (Lipinski definition) is 4. The van der Waals surface area contributed by atoms with Crippen molar-refractivity contribution in [3.8, 4) is 0 Å². The molecule has 0 bridgehead atoms. The van der Waals surface area contributed by atoms with Crippen LogP contribution in [0.4, 0.5) is 5.69 Å². The Hall–Kier alpha value is -2.18. The molecule has 0 spiro atoms. The van der Waals surface area contributed by atoms with Crippen molar-refractivity contribution in [1.82, 2.24) is 19.8 Å². The Bertz CT molecular complexity index is 697. The van der Waals surface area contributed by atoms with Crippen molar-refractivity contribution in [2.24, 2.45) is 7.05 Å². The number of aryl methyl sites for hydroxylation is 1.